The zero-order valence-electron chi connectivity index (χ0n) is 20.9. The third-order valence-corrected chi connectivity index (χ3v) is 5.24. The van der Waals surface area contributed by atoms with Gasteiger partial charge in [0.15, 0.2) is 0 Å². The first-order valence-corrected chi connectivity index (χ1v) is 11.7. The average Bonchev–Trinajstić information content (AvgIpc) is 2.81. The molecule has 0 aliphatic heterocycles. The number of benzene rings is 2. The normalized spacial score (nSPS) is 11.9. The topological polar surface area (TPSA) is 91.4 Å². The molecule has 8 heteroatoms. The van der Waals surface area contributed by atoms with Gasteiger partial charge in [-0.1, -0.05) is 30.3 Å². The second-order valence-corrected chi connectivity index (χ2v) is 9.56. The summed E-state index contributed by atoms with van der Waals surface area (Å²) in [4.78, 5) is 45.1. The summed E-state index contributed by atoms with van der Waals surface area (Å²) in [6.45, 7) is 7.41. The molecule has 0 spiro atoms. The van der Waals surface area contributed by atoms with Crippen LogP contribution in [0.25, 0.3) is 0 Å². The van der Waals surface area contributed by atoms with Gasteiger partial charge in [0.2, 0.25) is 17.7 Å². The van der Waals surface area contributed by atoms with Crippen LogP contribution in [0.5, 0.6) is 0 Å². The largest absolute Gasteiger partial charge is 0.349 e. The summed E-state index contributed by atoms with van der Waals surface area (Å²) >= 11 is 0. The van der Waals surface area contributed by atoms with Gasteiger partial charge in [-0.2, -0.15) is 0 Å². The smallest absolute Gasteiger partial charge is 0.248 e. The second kappa shape index (κ2) is 11.6. The van der Waals surface area contributed by atoms with Crippen LogP contribution < -0.4 is 15.5 Å². The first kappa shape index (κ1) is 26.5. The quantitative estimate of drug-likeness (QED) is 0.468. The summed E-state index contributed by atoms with van der Waals surface area (Å²) in [6.07, 6.45) is 1.31. The van der Waals surface area contributed by atoms with E-state index < -0.39 is 29.2 Å². The highest BCUT2D eigenvalue weighted by atomic mass is 19.1. The highest BCUT2D eigenvalue weighted by Crippen LogP contribution is 2.30. The molecule has 7 nitrogen and oxygen atoms in total. The zero-order chi connectivity index (χ0) is 26.3. The highest BCUT2D eigenvalue weighted by Gasteiger charge is 2.34. The fourth-order valence-corrected chi connectivity index (χ4v) is 3.70. The van der Waals surface area contributed by atoms with E-state index in [9.17, 15) is 18.8 Å². The number of nitrogens with zero attached hydrogens (tertiary/aromatic N) is 2. The van der Waals surface area contributed by atoms with Gasteiger partial charge in [0, 0.05) is 30.3 Å². The number of anilines is 2. The van der Waals surface area contributed by atoms with Crippen molar-refractivity contribution in [1.82, 2.24) is 10.3 Å². The Morgan fingerprint density at radius 1 is 0.972 bits per heavy atom. The van der Waals surface area contributed by atoms with Crippen molar-refractivity contribution in [1.29, 1.82) is 0 Å². The number of aromatic nitrogens is 1. The Morgan fingerprint density at radius 2 is 1.69 bits per heavy atom. The van der Waals surface area contributed by atoms with Crippen molar-refractivity contribution < 1.29 is 18.8 Å². The van der Waals surface area contributed by atoms with E-state index in [1.165, 1.54) is 29.2 Å². The van der Waals surface area contributed by atoms with Gasteiger partial charge in [-0.3, -0.25) is 19.3 Å². The minimum atomic E-state index is -1.07. The van der Waals surface area contributed by atoms with Crippen molar-refractivity contribution in [3.05, 3.63) is 89.9 Å². The molecule has 0 saturated heterocycles. The van der Waals surface area contributed by atoms with Crippen LogP contribution in [0.1, 0.15) is 50.8 Å². The molecule has 1 atom stereocenters. The minimum absolute atomic E-state index is 0.102. The summed E-state index contributed by atoms with van der Waals surface area (Å²) in [5, 5.41) is 5.60. The second-order valence-electron chi connectivity index (χ2n) is 9.56. The molecule has 1 heterocycles. The van der Waals surface area contributed by atoms with Gasteiger partial charge in [0.25, 0.3) is 0 Å². The molecule has 1 aromatic heterocycles. The van der Waals surface area contributed by atoms with Crippen LogP contribution in [0.3, 0.4) is 0 Å². The maximum Gasteiger partial charge on any atom is 0.248 e. The number of carbonyl (C=O) groups excluding carboxylic acids is 3. The lowest BCUT2D eigenvalue weighted by Gasteiger charge is -2.34. The van der Waals surface area contributed by atoms with Crippen molar-refractivity contribution in [2.45, 2.75) is 52.1 Å². The van der Waals surface area contributed by atoms with Gasteiger partial charge in [0.05, 0.1) is 0 Å². The first-order valence-electron chi connectivity index (χ1n) is 11.7. The molecule has 0 fully saturated rings. The molecule has 0 aliphatic carbocycles. The van der Waals surface area contributed by atoms with Crippen LogP contribution in [-0.2, 0) is 14.4 Å². The fourth-order valence-electron chi connectivity index (χ4n) is 3.70. The molecule has 0 aliphatic rings. The summed E-state index contributed by atoms with van der Waals surface area (Å²) in [5.74, 6) is -1.27. The molecule has 2 N–H and O–H groups in total. The Hall–Kier alpha value is -4.07. The van der Waals surface area contributed by atoms with Crippen molar-refractivity contribution >= 4 is 29.2 Å². The van der Waals surface area contributed by atoms with Gasteiger partial charge in [0.1, 0.15) is 17.7 Å². The Kier molecular flexibility index (Phi) is 8.53. The van der Waals surface area contributed by atoms with Crippen molar-refractivity contribution in [3.63, 3.8) is 0 Å². The van der Waals surface area contributed by atoms with Crippen LogP contribution in [0, 0.1) is 12.7 Å². The van der Waals surface area contributed by atoms with Crippen LogP contribution in [-0.4, -0.2) is 28.2 Å². The predicted octanol–water partition coefficient (Wildman–Crippen LogP) is 4.94. The summed E-state index contributed by atoms with van der Waals surface area (Å²) in [7, 11) is 0. The van der Waals surface area contributed by atoms with E-state index in [0.717, 1.165) is 5.56 Å². The molecule has 36 heavy (non-hydrogen) atoms. The molecule has 0 radical (unpaired) electrons. The molecular formula is C28H31FN4O3. The number of pyridine rings is 1. The molecule has 188 valence electrons. The van der Waals surface area contributed by atoms with E-state index in [4.69, 9.17) is 0 Å². The maximum atomic E-state index is 13.7. The standard InChI is InChI=1S/C28H31FN4O3/c1-19-8-7-9-22(18-19)33(25(35)16-15-24(34)31-23-10-5-6-17-30-23)26(27(36)32-28(2,3)4)20-11-13-21(29)14-12-20/h5-14,17-18,26H,15-16H2,1-4H3,(H,32,36)(H,30,31,34). The van der Waals surface area contributed by atoms with Gasteiger partial charge < -0.3 is 10.6 Å². The van der Waals surface area contributed by atoms with Crippen LogP contribution in [0.4, 0.5) is 15.9 Å². The number of rotatable bonds is 8. The molecule has 2 aromatic carbocycles. The van der Waals surface area contributed by atoms with Gasteiger partial charge >= 0.3 is 0 Å². The van der Waals surface area contributed by atoms with E-state index in [2.05, 4.69) is 15.6 Å². The Morgan fingerprint density at radius 3 is 2.31 bits per heavy atom. The van der Waals surface area contributed by atoms with Crippen molar-refractivity contribution in [2.24, 2.45) is 0 Å². The molecule has 1 unspecified atom stereocenters. The fraction of sp³-hybridized carbons (Fsp3) is 0.286. The number of carbonyl (C=O) groups is 3. The molecule has 3 aromatic rings. The molecule has 3 rings (SSSR count). The highest BCUT2D eigenvalue weighted by molar-refractivity contribution is 6.03. The third-order valence-electron chi connectivity index (χ3n) is 5.24. The number of aryl methyl sites for hydroxylation is 1. The minimum Gasteiger partial charge on any atom is -0.349 e. The summed E-state index contributed by atoms with van der Waals surface area (Å²) in [6, 6.07) is 16.8. The lowest BCUT2D eigenvalue weighted by Crippen LogP contribution is -2.49. The Bertz CT molecular complexity index is 1210. The third kappa shape index (κ3) is 7.46. The summed E-state index contributed by atoms with van der Waals surface area (Å²) < 4.78 is 13.7. The molecule has 3 amide bonds. The lowest BCUT2D eigenvalue weighted by atomic mass is 10.00. The first-order chi connectivity index (χ1) is 17.0. The zero-order valence-corrected chi connectivity index (χ0v) is 20.9. The molecular weight excluding hydrogens is 459 g/mol. The number of halogens is 1. The van der Waals surface area contributed by atoms with Crippen LogP contribution in [0.15, 0.2) is 72.9 Å². The summed E-state index contributed by atoms with van der Waals surface area (Å²) in [5.41, 5.74) is 1.28. The number of nitrogens with one attached hydrogen (secondary N) is 2. The van der Waals surface area contributed by atoms with Crippen LogP contribution in [0.2, 0.25) is 0 Å². The van der Waals surface area contributed by atoms with E-state index in [1.54, 1.807) is 42.6 Å². The number of hydrogen-bond acceptors (Lipinski definition) is 4. The predicted molar refractivity (Wildman–Crippen MR) is 138 cm³/mol. The van der Waals surface area contributed by atoms with E-state index >= 15 is 0 Å². The van der Waals surface area contributed by atoms with E-state index in [-0.39, 0.29) is 18.7 Å². The van der Waals surface area contributed by atoms with Gasteiger partial charge in [-0.25, -0.2) is 9.37 Å². The number of amides is 3. The number of hydrogen-bond donors (Lipinski definition) is 2. The Balaban J connectivity index is 1.95. The van der Waals surface area contributed by atoms with Crippen LogP contribution >= 0.6 is 0 Å². The van der Waals surface area contributed by atoms with E-state index in [0.29, 0.717) is 17.1 Å². The molecule has 0 saturated carbocycles. The van der Waals surface area contributed by atoms with E-state index in [1.807, 2.05) is 33.8 Å². The van der Waals surface area contributed by atoms with Gasteiger partial charge in [-0.15, -0.1) is 0 Å². The van der Waals surface area contributed by atoms with Crippen molar-refractivity contribution in [3.8, 4) is 0 Å². The molecule has 0 bridgehead atoms. The van der Waals surface area contributed by atoms with Crippen molar-refractivity contribution in [2.75, 3.05) is 10.2 Å². The SMILES string of the molecule is Cc1cccc(N(C(=O)CCC(=O)Nc2ccccn2)C(C(=O)NC(C)(C)C)c2ccc(F)cc2)c1. The Labute approximate surface area is 210 Å². The average molecular weight is 491 g/mol. The van der Waals surface area contributed by atoms with Gasteiger partial charge in [-0.05, 0) is 75.2 Å². The lowest BCUT2D eigenvalue weighted by molar-refractivity contribution is -0.128. The maximum absolute atomic E-state index is 13.7. The monoisotopic (exact) mass is 490 g/mol.